The Balaban J connectivity index is 2.27. The molecular weight excluding hydrogens is 266 g/mol. The number of carbonyl (C=O) groups excluding carboxylic acids is 1. The molecule has 2 aromatic rings. The maximum atomic E-state index is 12.3. The van der Waals surface area contributed by atoms with Crippen LogP contribution in [0.1, 0.15) is 27.9 Å². The highest BCUT2D eigenvalue weighted by molar-refractivity contribution is 6.05. The highest BCUT2D eigenvalue weighted by atomic mass is 16.2. The molecule has 1 aromatic heterocycles. The van der Waals surface area contributed by atoms with Crippen LogP contribution in [0.5, 0.6) is 0 Å². The summed E-state index contributed by atoms with van der Waals surface area (Å²) in [4.78, 5) is 20.2. The number of hydrogen-bond donors (Lipinski definition) is 2. The average Bonchev–Trinajstić information content (AvgIpc) is 2.50. The predicted molar refractivity (Wildman–Crippen MR) is 79.7 cm³/mol. The van der Waals surface area contributed by atoms with E-state index in [1.165, 1.54) is 18.6 Å². The number of aryl methyl sites for hydroxylation is 1. The van der Waals surface area contributed by atoms with Crippen LogP contribution in [0.3, 0.4) is 0 Å². The number of aliphatic hydroxyl groups is 1. The van der Waals surface area contributed by atoms with Gasteiger partial charge in [-0.25, -0.2) is 4.98 Å². The van der Waals surface area contributed by atoms with E-state index in [9.17, 15) is 4.79 Å². The number of amides is 1. The first kappa shape index (κ1) is 14.7. The van der Waals surface area contributed by atoms with Gasteiger partial charge in [0.05, 0.1) is 18.4 Å². The summed E-state index contributed by atoms with van der Waals surface area (Å²) in [6.07, 6.45) is 4.89. The molecule has 0 saturated carbocycles. The third kappa shape index (κ3) is 4.13. The van der Waals surface area contributed by atoms with Crippen LogP contribution in [0, 0.1) is 18.8 Å². The molecule has 21 heavy (non-hydrogen) atoms. The summed E-state index contributed by atoms with van der Waals surface area (Å²) in [6, 6.07) is 5.46. The van der Waals surface area contributed by atoms with Crippen molar-refractivity contribution in [1.29, 1.82) is 0 Å². The van der Waals surface area contributed by atoms with Crippen LogP contribution in [-0.4, -0.2) is 27.6 Å². The Labute approximate surface area is 123 Å². The van der Waals surface area contributed by atoms with Gasteiger partial charge in [0.1, 0.15) is 0 Å². The minimum absolute atomic E-state index is 0.00000409. The third-order valence-electron chi connectivity index (χ3n) is 2.68. The number of carbonyl (C=O) groups is 1. The first-order valence-corrected chi connectivity index (χ1v) is 6.48. The van der Waals surface area contributed by atoms with E-state index in [-0.39, 0.29) is 12.5 Å². The lowest BCUT2D eigenvalue weighted by molar-refractivity contribution is 0.102. The Morgan fingerprint density at radius 2 is 2.24 bits per heavy atom. The fraction of sp³-hybridized carbons (Fsp3) is 0.188. The molecule has 0 unspecified atom stereocenters. The Morgan fingerprint density at radius 1 is 1.38 bits per heavy atom. The number of benzene rings is 1. The standard InChI is InChI=1S/C16H15N3O2/c1-12-5-6-13(4-2-3-9-20)14(10-12)16(21)19-15-11-17-7-8-18-15/h5-8,10-11,20H,3,9H2,1H3,(H,18,19,21). The number of aliphatic hydroxyl groups excluding tert-OH is 1. The molecule has 1 aromatic carbocycles. The molecule has 2 rings (SSSR count). The zero-order valence-electron chi connectivity index (χ0n) is 11.6. The molecule has 0 atom stereocenters. The summed E-state index contributed by atoms with van der Waals surface area (Å²) in [7, 11) is 0. The molecule has 1 heterocycles. The lowest BCUT2D eigenvalue weighted by Crippen LogP contribution is -2.14. The SMILES string of the molecule is Cc1ccc(C#CCCO)c(C(=O)Nc2cnccn2)c1. The van der Waals surface area contributed by atoms with Crippen LogP contribution in [0.25, 0.3) is 0 Å². The summed E-state index contributed by atoms with van der Waals surface area (Å²) in [6.45, 7) is 1.91. The van der Waals surface area contributed by atoms with Crippen LogP contribution in [0.4, 0.5) is 5.82 Å². The number of nitrogens with zero attached hydrogens (tertiary/aromatic N) is 2. The second-order valence-electron chi connectivity index (χ2n) is 4.37. The van der Waals surface area contributed by atoms with Gasteiger partial charge < -0.3 is 10.4 Å². The largest absolute Gasteiger partial charge is 0.395 e. The number of aromatic nitrogens is 2. The van der Waals surface area contributed by atoms with E-state index in [1.807, 2.05) is 13.0 Å². The van der Waals surface area contributed by atoms with E-state index < -0.39 is 0 Å². The van der Waals surface area contributed by atoms with E-state index in [1.54, 1.807) is 12.1 Å². The van der Waals surface area contributed by atoms with E-state index in [0.717, 1.165) is 5.56 Å². The van der Waals surface area contributed by atoms with Crippen LogP contribution >= 0.6 is 0 Å². The van der Waals surface area contributed by atoms with E-state index in [4.69, 9.17) is 5.11 Å². The van der Waals surface area contributed by atoms with E-state index in [2.05, 4.69) is 27.1 Å². The normalized spacial score (nSPS) is 9.62. The van der Waals surface area contributed by atoms with Gasteiger partial charge in [0.15, 0.2) is 5.82 Å². The van der Waals surface area contributed by atoms with Gasteiger partial charge >= 0.3 is 0 Å². The molecule has 0 saturated heterocycles. The summed E-state index contributed by atoms with van der Waals surface area (Å²) >= 11 is 0. The number of nitrogens with one attached hydrogen (secondary N) is 1. The van der Waals surface area contributed by atoms with Gasteiger partial charge in [-0.3, -0.25) is 9.78 Å². The van der Waals surface area contributed by atoms with Crippen molar-refractivity contribution < 1.29 is 9.90 Å². The third-order valence-corrected chi connectivity index (χ3v) is 2.68. The summed E-state index contributed by atoms with van der Waals surface area (Å²) in [5.74, 6) is 5.83. The first-order valence-electron chi connectivity index (χ1n) is 6.48. The maximum absolute atomic E-state index is 12.3. The van der Waals surface area contributed by atoms with Gasteiger partial charge in [-0.05, 0) is 19.1 Å². The summed E-state index contributed by atoms with van der Waals surface area (Å²) in [5, 5.41) is 11.5. The molecule has 0 aliphatic rings. The van der Waals surface area contributed by atoms with Crippen molar-refractivity contribution in [2.45, 2.75) is 13.3 Å². The minimum Gasteiger partial charge on any atom is -0.395 e. The molecule has 106 valence electrons. The van der Waals surface area contributed by atoms with Gasteiger partial charge in [-0.2, -0.15) is 0 Å². The lowest BCUT2D eigenvalue weighted by atomic mass is 10.0. The fourth-order valence-electron chi connectivity index (χ4n) is 1.72. The van der Waals surface area contributed by atoms with Crippen LogP contribution in [0.15, 0.2) is 36.8 Å². The van der Waals surface area contributed by atoms with Crippen molar-refractivity contribution in [2.75, 3.05) is 11.9 Å². The average molecular weight is 281 g/mol. The number of rotatable bonds is 3. The Kier molecular flexibility index (Phi) is 5.02. The summed E-state index contributed by atoms with van der Waals surface area (Å²) in [5.41, 5.74) is 2.06. The fourth-order valence-corrected chi connectivity index (χ4v) is 1.72. The zero-order chi connectivity index (χ0) is 15.1. The highest BCUT2D eigenvalue weighted by Crippen LogP contribution is 2.13. The second kappa shape index (κ2) is 7.17. The molecule has 5 nitrogen and oxygen atoms in total. The van der Waals surface area contributed by atoms with Crippen molar-refractivity contribution in [3.63, 3.8) is 0 Å². The van der Waals surface area contributed by atoms with Crippen LogP contribution in [0.2, 0.25) is 0 Å². The molecule has 2 N–H and O–H groups in total. The molecule has 5 heteroatoms. The second-order valence-corrected chi connectivity index (χ2v) is 4.37. The van der Waals surface area contributed by atoms with E-state index >= 15 is 0 Å². The summed E-state index contributed by atoms with van der Waals surface area (Å²) < 4.78 is 0. The maximum Gasteiger partial charge on any atom is 0.258 e. The van der Waals surface area contributed by atoms with Crippen molar-refractivity contribution in [3.05, 3.63) is 53.5 Å². The molecule has 0 aliphatic carbocycles. The number of anilines is 1. The predicted octanol–water partition coefficient (Wildman–Crippen LogP) is 1.77. The molecule has 0 bridgehead atoms. The van der Waals surface area contributed by atoms with Gasteiger partial charge in [0.25, 0.3) is 5.91 Å². The lowest BCUT2D eigenvalue weighted by Gasteiger charge is -2.07. The molecule has 0 radical (unpaired) electrons. The van der Waals surface area contributed by atoms with Gasteiger partial charge in [-0.1, -0.05) is 23.5 Å². The van der Waals surface area contributed by atoms with Gasteiger partial charge in [0.2, 0.25) is 0 Å². The molecular formula is C16H15N3O2. The molecule has 0 aliphatic heterocycles. The Hall–Kier alpha value is -2.71. The number of hydrogen-bond acceptors (Lipinski definition) is 4. The molecule has 0 spiro atoms. The topological polar surface area (TPSA) is 75.1 Å². The van der Waals surface area contributed by atoms with E-state index in [0.29, 0.717) is 23.4 Å². The van der Waals surface area contributed by atoms with Crippen molar-refractivity contribution in [1.82, 2.24) is 9.97 Å². The highest BCUT2D eigenvalue weighted by Gasteiger charge is 2.11. The minimum atomic E-state index is -0.285. The van der Waals surface area contributed by atoms with Crippen molar-refractivity contribution in [3.8, 4) is 11.8 Å². The van der Waals surface area contributed by atoms with Crippen LogP contribution < -0.4 is 5.32 Å². The van der Waals surface area contributed by atoms with Crippen molar-refractivity contribution in [2.24, 2.45) is 0 Å². The quantitative estimate of drug-likeness (QED) is 0.841. The van der Waals surface area contributed by atoms with Crippen molar-refractivity contribution >= 4 is 11.7 Å². The molecule has 0 fully saturated rings. The monoisotopic (exact) mass is 281 g/mol. The van der Waals surface area contributed by atoms with Gasteiger partial charge in [0, 0.05) is 24.4 Å². The first-order chi connectivity index (χ1) is 10.2. The Bertz CT molecular complexity index is 688. The smallest absolute Gasteiger partial charge is 0.258 e. The Morgan fingerprint density at radius 3 is 2.95 bits per heavy atom. The zero-order valence-corrected chi connectivity index (χ0v) is 11.6. The molecule has 1 amide bonds. The van der Waals surface area contributed by atoms with Gasteiger partial charge in [-0.15, -0.1) is 0 Å². The van der Waals surface area contributed by atoms with Crippen LogP contribution in [-0.2, 0) is 0 Å².